The molecule has 0 aliphatic rings. The van der Waals surface area contributed by atoms with Gasteiger partial charge < -0.3 is 9.47 Å². The highest BCUT2D eigenvalue weighted by Gasteiger charge is 1.99. The number of ether oxygens (including phenoxy) is 2. The lowest BCUT2D eigenvalue weighted by atomic mass is 10.4. The minimum atomic E-state index is -0.256. The molecule has 0 unspecified atom stereocenters. The minimum Gasteiger partial charge on any atom is -0.381 e. The number of nitrogens with one attached hydrogen (secondary N) is 2. The Morgan fingerprint density at radius 1 is 0.824 bits per heavy atom. The van der Waals surface area contributed by atoms with E-state index in [0.717, 1.165) is 0 Å². The maximum Gasteiger partial charge on any atom is 0.236 e. The summed E-state index contributed by atoms with van der Waals surface area (Å²) in [5, 5.41) is 0. The van der Waals surface area contributed by atoms with Gasteiger partial charge in [-0.2, -0.15) is 0 Å². The molecule has 0 aromatic heterocycles. The van der Waals surface area contributed by atoms with Crippen LogP contribution in [0.1, 0.15) is 19.3 Å². The summed E-state index contributed by atoms with van der Waals surface area (Å²) in [6.07, 6.45) is 1.19. The molecule has 0 saturated carbocycles. The third-order valence-electron chi connectivity index (χ3n) is 1.85. The average Bonchev–Trinajstić information content (AvgIpc) is 2.35. The number of rotatable bonds is 10. The predicted octanol–water partition coefficient (Wildman–Crippen LogP) is -1.83. The summed E-state index contributed by atoms with van der Waals surface area (Å²) < 4.78 is 10.3. The molecular formula is C9H20N4O4. The summed E-state index contributed by atoms with van der Waals surface area (Å²) in [6, 6.07) is 0. The maximum atomic E-state index is 10.7. The van der Waals surface area contributed by atoms with Crippen LogP contribution in [-0.2, 0) is 19.1 Å². The van der Waals surface area contributed by atoms with Gasteiger partial charge in [-0.1, -0.05) is 0 Å². The van der Waals surface area contributed by atoms with Crippen LogP contribution >= 0.6 is 0 Å². The first-order valence-corrected chi connectivity index (χ1v) is 5.35. The molecule has 0 rings (SSSR count). The summed E-state index contributed by atoms with van der Waals surface area (Å²) in [4.78, 5) is 21.4. The van der Waals surface area contributed by atoms with E-state index in [9.17, 15) is 9.59 Å². The lowest BCUT2D eigenvalue weighted by Gasteiger charge is -2.05. The van der Waals surface area contributed by atoms with E-state index >= 15 is 0 Å². The maximum absolute atomic E-state index is 10.7. The normalized spacial score (nSPS) is 10.0. The van der Waals surface area contributed by atoms with Crippen molar-refractivity contribution in [3.05, 3.63) is 0 Å². The van der Waals surface area contributed by atoms with Gasteiger partial charge in [0.25, 0.3) is 0 Å². The SMILES string of the molecule is NNC(=O)CCOCCCOCCC(=O)NN. The molecule has 17 heavy (non-hydrogen) atoms. The average molecular weight is 248 g/mol. The van der Waals surface area contributed by atoms with Crippen LogP contribution < -0.4 is 22.5 Å². The second-order valence-corrected chi connectivity index (χ2v) is 3.21. The first-order valence-electron chi connectivity index (χ1n) is 5.35. The Morgan fingerprint density at radius 3 is 1.59 bits per heavy atom. The van der Waals surface area contributed by atoms with Crippen LogP contribution in [0.3, 0.4) is 0 Å². The standard InChI is InChI=1S/C9H20N4O4/c10-12-8(14)2-6-16-4-1-5-17-7-3-9(15)13-11/h1-7,10-11H2,(H,12,14)(H,13,15). The molecule has 0 aliphatic heterocycles. The highest BCUT2D eigenvalue weighted by atomic mass is 16.5. The molecule has 0 bridgehead atoms. The molecule has 2 amide bonds. The minimum absolute atomic E-state index is 0.244. The molecule has 0 atom stereocenters. The Labute approximate surface area is 99.9 Å². The Hall–Kier alpha value is -1.22. The highest BCUT2D eigenvalue weighted by molar-refractivity contribution is 5.75. The van der Waals surface area contributed by atoms with E-state index in [2.05, 4.69) is 0 Å². The van der Waals surface area contributed by atoms with Gasteiger partial charge in [-0.05, 0) is 6.42 Å². The number of amides is 2. The molecule has 0 radical (unpaired) electrons. The van der Waals surface area contributed by atoms with Crippen molar-refractivity contribution in [1.29, 1.82) is 0 Å². The molecule has 0 aliphatic carbocycles. The van der Waals surface area contributed by atoms with Gasteiger partial charge in [0.1, 0.15) is 0 Å². The molecule has 0 aromatic carbocycles. The van der Waals surface area contributed by atoms with Crippen molar-refractivity contribution >= 4 is 11.8 Å². The van der Waals surface area contributed by atoms with Gasteiger partial charge in [0.15, 0.2) is 0 Å². The molecule has 6 N–H and O–H groups in total. The van der Waals surface area contributed by atoms with Gasteiger partial charge in [-0.3, -0.25) is 20.4 Å². The molecule has 0 aromatic rings. The van der Waals surface area contributed by atoms with Gasteiger partial charge in [-0.25, -0.2) is 11.7 Å². The van der Waals surface area contributed by atoms with Crippen molar-refractivity contribution in [1.82, 2.24) is 10.9 Å². The Morgan fingerprint density at radius 2 is 1.24 bits per heavy atom. The molecule has 0 heterocycles. The zero-order valence-electron chi connectivity index (χ0n) is 9.74. The zero-order valence-corrected chi connectivity index (χ0v) is 9.74. The fraction of sp³-hybridized carbons (Fsp3) is 0.778. The molecule has 8 heteroatoms. The van der Waals surface area contributed by atoms with E-state index in [1.165, 1.54) is 0 Å². The van der Waals surface area contributed by atoms with Gasteiger partial charge in [-0.15, -0.1) is 0 Å². The number of hydrogen-bond donors (Lipinski definition) is 4. The van der Waals surface area contributed by atoms with Crippen LogP contribution in [0, 0.1) is 0 Å². The lowest BCUT2D eigenvalue weighted by molar-refractivity contribution is -0.122. The third kappa shape index (κ3) is 11.1. The summed E-state index contributed by atoms with van der Waals surface area (Å²) in [5.74, 6) is 9.26. The van der Waals surface area contributed by atoms with E-state index in [0.29, 0.717) is 32.8 Å². The Kier molecular flexibility index (Phi) is 10.5. The first-order chi connectivity index (χ1) is 8.20. The van der Waals surface area contributed by atoms with Crippen LogP contribution in [0.15, 0.2) is 0 Å². The van der Waals surface area contributed by atoms with Gasteiger partial charge in [0.2, 0.25) is 11.8 Å². The highest BCUT2D eigenvalue weighted by Crippen LogP contribution is 1.89. The number of hydrogen-bond acceptors (Lipinski definition) is 6. The molecule has 0 saturated heterocycles. The van der Waals surface area contributed by atoms with Crippen LogP contribution in [0.2, 0.25) is 0 Å². The lowest BCUT2D eigenvalue weighted by Crippen LogP contribution is -2.30. The number of carbonyl (C=O) groups excluding carboxylic acids is 2. The topological polar surface area (TPSA) is 129 Å². The van der Waals surface area contributed by atoms with E-state index < -0.39 is 0 Å². The van der Waals surface area contributed by atoms with E-state index in [-0.39, 0.29) is 24.7 Å². The summed E-state index contributed by atoms with van der Waals surface area (Å²) in [7, 11) is 0. The van der Waals surface area contributed by atoms with Gasteiger partial charge in [0, 0.05) is 13.2 Å². The van der Waals surface area contributed by atoms with Crippen LogP contribution in [0.4, 0.5) is 0 Å². The van der Waals surface area contributed by atoms with Crippen molar-refractivity contribution in [2.45, 2.75) is 19.3 Å². The van der Waals surface area contributed by atoms with Crippen LogP contribution in [-0.4, -0.2) is 38.2 Å². The van der Waals surface area contributed by atoms with E-state index in [4.69, 9.17) is 21.2 Å². The van der Waals surface area contributed by atoms with Crippen molar-refractivity contribution < 1.29 is 19.1 Å². The van der Waals surface area contributed by atoms with Crippen molar-refractivity contribution in [2.75, 3.05) is 26.4 Å². The third-order valence-corrected chi connectivity index (χ3v) is 1.85. The van der Waals surface area contributed by atoms with Gasteiger partial charge in [0.05, 0.1) is 26.1 Å². The van der Waals surface area contributed by atoms with Crippen LogP contribution in [0.5, 0.6) is 0 Å². The van der Waals surface area contributed by atoms with E-state index in [1.54, 1.807) is 0 Å². The number of hydrazine groups is 2. The van der Waals surface area contributed by atoms with Crippen molar-refractivity contribution in [3.8, 4) is 0 Å². The Bertz CT molecular complexity index is 203. The number of nitrogens with two attached hydrogens (primary N) is 2. The van der Waals surface area contributed by atoms with Crippen molar-refractivity contribution in [2.24, 2.45) is 11.7 Å². The van der Waals surface area contributed by atoms with Crippen LogP contribution in [0.25, 0.3) is 0 Å². The molecule has 0 spiro atoms. The van der Waals surface area contributed by atoms with Crippen molar-refractivity contribution in [3.63, 3.8) is 0 Å². The summed E-state index contributed by atoms with van der Waals surface area (Å²) in [6.45, 7) is 1.67. The second kappa shape index (κ2) is 11.3. The quantitative estimate of drug-likeness (QED) is 0.156. The fourth-order valence-electron chi connectivity index (χ4n) is 0.941. The number of carbonyl (C=O) groups is 2. The zero-order chi connectivity index (χ0) is 12.9. The summed E-state index contributed by atoms with van der Waals surface area (Å²) in [5.41, 5.74) is 4.02. The monoisotopic (exact) mass is 248 g/mol. The predicted molar refractivity (Wildman–Crippen MR) is 60.1 cm³/mol. The summed E-state index contributed by atoms with van der Waals surface area (Å²) >= 11 is 0. The second-order valence-electron chi connectivity index (χ2n) is 3.21. The fourth-order valence-corrected chi connectivity index (χ4v) is 0.941. The first kappa shape index (κ1) is 15.8. The van der Waals surface area contributed by atoms with E-state index in [1.807, 2.05) is 10.9 Å². The molecule has 8 nitrogen and oxygen atoms in total. The molecular weight excluding hydrogens is 228 g/mol. The molecule has 0 fully saturated rings. The largest absolute Gasteiger partial charge is 0.381 e. The Balaban J connectivity index is 3.08. The van der Waals surface area contributed by atoms with Gasteiger partial charge >= 0.3 is 0 Å². The smallest absolute Gasteiger partial charge is 0.236 e. The molecule has 100 valence electrons.